The number of carbonyl (C=O) groups is 1. The lowest BCUT2D eigenvalue weighted by molar-refractivity contribution is -0.126. The third-order valence-corrected chi connectivity index (χ3v) is 4.77. The lowest BCUT2D eigenvalue weighted by Crippen LogP contribution is -2.37. The number of amides is 1. The second kappa shape index (κ2) is 10.2. The predicted molar refractivity (Wildman–Crippen MR) is 109 cm³/mol. The molecule has 0 saturated heterocycles. The van der Waals surface area contributed by atoms with Gasteiger partial charge in [0.15, 0.2) is 11.5 Å². The molecule has 1 saturated carbocycles. The molecule has 0 heterocycles. The summed E-state index contributed by atoms with van der Waals surface area (Å²) in [6.07, 6.45) is 3.79. The van der Waals surface area contributed by atoms with Crippen LogP contribution >= 0.6 is 12.4 Å². The van der Waals surface area contributed by atoms with Gasteiger partial charge in [-0.3, -0.25) is 4.79 Å². The first-order valence-electron chi connectivity index (χ1n) is 9.09. The van der Waals surface area contributed by atoms with E-state index < -0.39 is 0 Å². The van der Waals surface area contributed by atoms with Crippen LogP contribution in [0, 0.1) is 5.92 Å². The van der Waals surface area contributed by atoms with Gasteiger partial charge in [0.2, 0.25) is 5.91 Å². The van der Waals surface area contributed by atoms with E-state index in [0.29, 0.717) is 18.0 Å². The van der Waals surface area contributed by atoms with Crippen molar-refractivity contribution < 1.29 is 14.3 Å². The fourth-order valence-corrected chi connectivity index (χ4v) is 3.30. The molecule has 1 fully saturated rings. The zero-order valence-electron chi connectivity index (χ0n) is 15.5. The molecule has 3 N–H and O–H groups in total. The summed E-state index contributed by atoms with van der Waals surface area (Å²) in [5.41, 5.74) is 7.00. The number of nitrogens with two attached hydrogens (primary N) is 1. The number of ether oxygens (including phenoxy) is 2. The highest BCUT2D eigenvalue weighted by Crippen LogP contribution is 2.31. The maximum atomic E-state index is 12.3. The summed E-state index contributed by atoms with van der Waals surface area (Å²) in [7, 11) is 1.62. The molecule has 2 unspecified atom stereocenters. The van der Waals surface area contributed by atoms with Gasteiger partial charge in [-0.15, -0.1) is 12.4 Å². The second-order valence-corrected chi connectivity index (χ2v) is 6.74. The van der Waals surface area contributed by atoms with Gasteiger partial charge in [-0.25, -0.2) is 0 Å². The summed E-state index contributed by atoms with van der Waals surface area (Å²) in [5.74, 6) is 2.24. The van der Waals surface area contributed by atoms with Crippen LogP contribution in [0.15, 0.2) is 48.5 Å². The van der Waals surface area contributed by atoms with Crippen LogP contribution in [0.4, 0.5) is 0 Å². The van der Waals surface area contributed by atoms with Gasteiger partial charge in [0.25, 0.3) is 0 Å². The second-order valence-electron chi connectivity index (χ2n) is 6.74. The van der Waals surface area contributed by atoms with Crippen LogP contribution in [0.5, 0.6) is 17.2 Å². The number of para-hydroxylation sites is 2. The van der Waals surface area contributed by atoms with Gasteiger partial charge in [-0.2, -0.15) is 0 Å². The van der Waals surface area contributed by atoms with Crippen LogP contribution in [-0.2, 0) is 11.3 Å². The minimum Gasteiger partial charge on any atom is -0.493 e. The molecular weight excluding hydrogens is 364 g/mol. The fourth-order valence-electron chi connectivity index (χ4n) is 3.30. The summed E-state index contributed by atoms with van der Waals surface area (Å²) in [6.45, 7) is 0.513. The minimum absolute atomic E-state index is 0. The van der Waals surface area contributed by atoms with Crippen LogP contribution in [0.3, 0.4) is 0 Å². The molecule has 27 heavy (non-hydrogen) atoms. The standard InChI is InChI=1S/C21H26N2O3.ClH/c1-25-19-7-2-3-8-20(19)26-18-11-9-15(10-12-18)14-23-21(24)16-5-4-6-17(22)13-16;/h2-3,7-12,16-17H,4-6,13-14,22H2,1H3,(H,23,24);1H. The monoisotopic (exact) mass is 390 g/mol. The van der Waals surface area contributed by atoms with E-state index in [0.717, 1.165) is 37.0 Å². The summed E-state index contributed by atoms with van der Waals surface area (Å²) in [4.78, 5) is 12.3. The molecule has 1 aliphatic carbocycles. The molecule has 6 heteroatoms. The minimum atomic E-state index is 0. The molecule has 0 aliphatic heterocycles. The van der Waals surface area contributed by atoms with E-state index >= 15 is 0 Å². The molecule has 0 bridgehead atoms. The van der Waals surface area contributed by atoms with Gasteiger partial charge in [-0.1, -0.05) is 30.7 Å². The topological polar surface area (TPSA) is 73.6 Å². The number of hydrogen-bond acceptors (Lipinski definition) is 4. The lowest BCUT2D eigenvalue weighted by Gasteiger charge is -2.25. The Balaban J connectivity index is 0.00000261. The van der Waals surface area contributed by atoms with E-state index in [1.165, 1.54) is 0 Å². The Kier molecular flexibility index (Phi) is 7.95. The average Bonchev–Trinajstić information content (AvgIpc) is 2.67. The number of hydrogen-bond donors (Lipinski definition) is 2. The summed E-state index contributed by atoms with van der Waals surface area (Å²) in [6, 6.07) is 15.4. The zero-order valence-corrected chi connectivity index (χ0v) is 16.3. The van der Waals surface area contributed by atoms with E-state index in [2.05, 4.69) is 5.32 Å². The van der Waals surface area contributed by atoms with E-state index in [-0.39, 0.29) is 30.3 Å². The van der Waals surface area contributed by atoms with Crippen molar-refractivity contribution in [2.45, 2.75) is 38.3 Å². The van der Waals surface area contributed by atoms with Crippen molar-refractivity contribution in [2.24, 2.45) is 11.7 Å². The Morgan fingerprint density at radius 1 is 1.11 bits per heavy atom. The Labute approximate surface area is 166 Å². The zero-order chi connectivity index (χ0) is 18.4. The van der Waals surface area contributed by atoms with Crippen molar-refractivity contribution in [3.63, 3.8) is 0 Å². The average molecular weight is 391 g/mol. The number of carbonyl (C=O) groups excluding carboxylic acids is 1. The fraction of sp³-hybridized carbons (Fsp3) is 0.381. The van der Waals surface area contributed by atoms with Crippen molar-refractivity contribution in [2.75, 3.05) is 7.11 Å². The highest BCUT2D eigenvalue weighted by Gasteiger charge is 2.24. The maximum absolute atomic E-state index is 12.3. The molecule has 146 valence electrons. The van der Waals surface area contributed by atoms with Gasteiger partial charge in [-0.05, 0) is 49.1 Å². The Hall–Kier alpha value is -2.24. The number of halogens is 1. The predicted octanol–water partition coefficient (Wildman–Crippen LogP) is 4.04. The number of methoxy groups -OCH3 is 1. The van der Waals surface area contributed by atoms with Gasteiger partial charge in [0.05, 0.1) is 7.11 Å². The van der Waals surface area contributed by atoms with Crippen molar-refractivity contribution in [1.29, 1.82) is 0 Å². The highest BCUT2D eigenvalue weighted by atomic mass is 35.5. The molecule has 2 aromatic carbocycles. The van der Waals surface area contributed by atoms with Crippen LogP contribution in [0.1, 0.15) is 31.2 Å². The molecule has 0 spiro atoms. The van der Waals surface area contributed by atoms with Gasteiger partial charge >= 0.3 is 0 Å². The first-order valence-corrected chi connectivity index (χ1v) is 9.09. The van der Waals surface area contributed by atoms with Crippen molar-refractivity contribution in [3.05, 3.63) is 54.1 Å². The molecule has 0 radical (unpaired) electrons. The number of nitrogens with one attached hydrogen (secondary N) is 1. The largest absolute Gasteiger partial charge is 0.493 e. The van der Waals surface area contributed by atoms with Gasteiger partial charge in [0.1, 0.15) is 5.75 Å². The van der Waals surface area contributed by atoms with E-state index in [9.17, 15) is 4.79 Å². The third kappa shape index (κ3) is 5.88. The molecule has 3 rings (SSSR count). The van der Waals surface area contributed by atoms with Gasteiger partial charge in [0, 0.05) is 18.5 Å². The van der Waals surface area contributed by atoms with Crippen molar-refractivity contribution in [1.82, 2.24) is 5.32 Å². The Bertz CT molecular complexity index is 736. The molecule has 0 aromatic heterocycles. The highest BCUT2D eigenvalue weighted by molar-refractivity contribution is 5.85. The molecule has 1 aliphatic rings. The van der Waals surface area contributed by atoms with E-state index in [4.69, 9.17) is 15.2 Å². The SMILES string of the molecule is COc1ccccc1Oc1ccc(CNC(=O)C2CCCC(N)C2)cc1.Cl. The van der Waals surface area contributed by atoms with Crippen molar-refractivity contribution in [3.8, 4) is 17.2 Å². The quantitative estimate of drug-likeness (QED) is 0.780. The molecular formula is C21H27ClN2O3. The van der Waals surface area contributed by atoms with E-state index in [1.54, 1.807) is 7.11 Å². The normalized spacial score (nSPS) is 18.9. The molecule has 2 aromatic rings. The molecule has 1 amide bonds. The molecule has 2 atom stereocenters. The summed E-state index contributed by atoms with van der Waals surface area (Å²) >= 11 is 0. The van der Waals surface area contributed by atoms with Gasteiger partial charge < -0.3 is 20.5 Å². The lowest BCUT2D eigenvalue weighted by atomic mass is 9.85. The summed E-state index contributed by atoms with van der Waals surface area (Å²) < 4.78 is 11.2. The Morgan fingerprint density at radius 3 is 2.48 bits per heavy atom. The molecule has 5 nitrogen and oxygen atoms in total. The first kappa shape index (κ1) is 21.1. The Morgan fingerprint density at radius 2 is 1.81 bits per heavy atom. The van der Waals surface area contributed by atoms with Crippen molar-refractivity contribution >= 4 is 18.3 Å². The summed E-state index contributed by atoms with van der Waals surface area (Å²) in [5, 5.41) is 3.02. The third-order valence-electron chi connectivity index (χ3n) is 4.77. The van der Waals surface area contributed by atoms with E-state index in [1.807, 2.05) is 48.5 Å². The van der Waals surface area contributed by atoms with Crippen LogP contribution in [0.2, 0.25) is 0 Å². The smallest absolute Gasteiger partial charge is 0.223 e. The van der Waals surface area contributed by atoms with Crippen LogP contribution in [-0.4, -0.2) is 19.1 Å². The van der Waals surface area contributed by atoms with Crippen LogP contribution in [0.25, 0.3) is 0 Å². The maximum Gasteiger partial charge on any atom is 0.223 e. The number of benzene rings is 2. The first-order chi connectivity index (χ1) is 12.7. The number of rotatable bonds is 6. The van der Waals surface area contributed by atoms with Crippen LogP contribution < -0.4 is 20.5 Å².